The van der Waals surface area contributed by atoms with Crippen LogP contribution in [0.4, 0.5) is 24.8 Å². The number of rotatable bonds is 4. The number of pyridine rings is 1. The van der Waals surface area contributed by atoms with Gasteiger partial charge >= 0.3 is 6.18 Å². The van der Waals surface area contributed by atoms with Gasteiger partial charge in [-0.25, -0.2) is 10.8 Å². The molecule has 1 aromatic heterocycles. The summed E-state index contributed by atoms with van der Waals surface area (Å²) in [5, 5.41) is 3.01. The summed E-state index contributed by atoms with van der Waals surface area (Å²) in [7, 11) is 1.63. The second-order valence-corrected chi connectivity index (χ2v) is 4.78. The summed E-state index contributed by atoms with van der Waals surface area (Å²) in [4.78, 5) is 3.99. The number of nitrogens with two attached hydrogens (primary N) is 1. The van der Waals surface area contributed by atoms with Gasteiger partial charge in [-0.05, 0) is 31.4 Å². The predicted octanol–water partition coefficient (Wildman–Crippen LogP) is 2.37. The van der Waals surface area contributed by atoms with Gasteiger partial charge in [-0.15, -0.1) is 0 Å². The van der Waals surface area contributed by atoms with Crippen molar-refractivity contribution in [3.05, 3.63) is 17.7 Å². The number of halogens is 3. The summed E-state index contributed by atoms with van der Waals surface area (Å²) >= 11 is 0. The number of nitrogens with one attached hydrogen (secondary N) is 2. The van der Waals surface area contributed by atoms with Crippen LogP contribution < -0.4 is 16.6 Å². The number of nitrogens with zero attached hydrogens (tertiary/aromatic N) is 1. The molecule has 1 aliphatic carbocycles. The zero-order chi connectivity index (χ0) is 14.8. The average molecular weight is 290 g/mol. The van der Waals surface area contributed by atoms with Gasteiger partial charge in [0.15, 0.2) is 0 Å². The number of anilines is 2. The minimum atomic E-state index is -4.43. The third-order valence-corrected chi connectivity index (χ3v) is 3.37. The highest BCUT2D eigenvalue weighted by Gasteiger charge is 2.32. The van der Waals surface area contributed by atoms with Crippen molar-refractivity contribution in [3.8, 4) is 0 Å². The molecule has 1 fully saturated rings. The lowest BCUT2D eigenvalue weighted by atomic mass is 10.2. The van der Waals surface area contributed by atoms with Crippen LogP contribution in [0.3, 0.4) is 0 Å². The number of hydrazine groups is 1. The molecule has 112 valence electrons. The molecule has 1 heterocycles. The van der Waals surface area contributed by atoms with E-state index in [2.05, 4.69) is 15.7 Å². The van der Waals surface area contributed by atoms with Crippen molar-refractivity contribution in [2.45, 2.75) is 37.6 Å². The van der Waals surface area contributed by atoms with Crippen LogP contribution in [0.15, 0.2) is 12.1 Å². The standard InChI is InChI=1S/C12H17F3N4O/c1-20-9-3-2-8(6-9)17-10-4-7(12(13,14)15)5-11(18-10)19-16/h4-5,8-9H,2-3,6,16H2,1H3,(H2,17,18,19). The van der Waals surface area contributed by atoms with Crippen LogP contribution in [-0.4, -0.2) is 24.2 Å². The molecule has 2 rings (SSSR count). The Bertz CT molecular complexity index is 467. The fourth-order valence-corrected chi connectivity index (χ4v) is 2.34. The topological polar surface area (TPSA) is 72.2 Å². The highest BCUT2D eigenvalue weighted by Crippen LogP contribution is 2.33. The molecule has 0 saturated heterocycles. The van der Waals surface area contributed by atoms with Crippen molar-refractivity contribution in [2.24, 2.45) is 5.84 Å². The van der Waals surface area contributed by atoms with Gasteiger partial charge in [0.25, 0.3) is 0 Å². The van der Waals surface area contributed by atoms with Gasteiger partial charge in [-0.2, -0.15) is 13.2 Å². The molecule has 2 unspecified atom stereocenters. The lowest BCUT2D eigenvalue weighted by Gasteiger charge is -2.16. The quantitative estimate of drug-likeness (QED) is 0.586. The maximum atomic E-state index is 12.8. The highest BCUT2D eigenvalue weighted by atomic mass is 19.4. The molecule has 5 nitrogen and oxygen atoms in total. The van der Waals surface area contributed by atoms with E-state index < -0.39 is 11.7 Å². The molecule has 0 spiro atoms. The van der Waals surface area contributed by atoms with Gasteiger partial charge in [0.2, 0.25) is 0 Å². The van der Waals surface area contributed by atoms with Crippen LogP contribution in [0.2, 0.25) is 0 Å². The van der Waals surface area contributed by atoms with Gasteiger partial charge < -0.3 is 15.5 Å². The van der Waals surface area contributed by atoms with Gasteiger partial charge in [0.05, 0.1) is 11.7 Å². The molecule has 2 atom stereocenters. The Morgan fingerprint density at radius 3 is 2.55 bits per heavy atom. The second-order valence-electron chi connectivity index (χ2n) is 4.78. The average Bonchev–Trinajstić information content (AvgIpc) is 2.85. The number of alkyl halides is 3. The minimum Gasteiger partial charge on any atom is -0.381 e. The zero-order valence-electron chi connectivity index (χ0n) is 11.0. The summed E-state index contributed by atoms with van der Waals surface area (Å²) in [6.45, 7) is 0. The Balaban J connectivity index is 2.15. The van der Waals surface area contributed by atoms with Crippen LogP contribution in [0.5, 0.6) is 0 Å². The Kier molecular flexibility index (Phi) is 4.34. The van der Waals surface area contributed by atoms with Gasteiger partial charge in [-0.1, -0.05) is 0 Å². The Morgan fingerprint density at radius 2 is 2.00 bits per heavy atom. The van der Waals surface area contributed by atoms with E-state index in [1.807, 2.05) is 0 Å². The van der Waals surface area contributed by atoms with Gasteiger partial charge in [-0.3, -0.25) is 0 Å². The summed E-state index contributed by atoms with van der Waals surface area (Å²) in [5.74, 6) is 5.29. The van der Waals surface area contributed by atoms with E-state index >= 15 is 0 Å². The van der Waals surface area contributed by atoms with Crippen LogP contribution in [0.25, 0.3) is 0 Å². The van der Waals surface area contributed by atoms with Crippen molar-refractivity contribution in [3.63, 3.8) is 0 Å². The van der Waals surface area contributed by atoms with Gasteiger partial charge in [0.1, 0.15) is 11.6 Å². The SMILES string of the molecule is COC1CCC(Nc2cc(C(F)(F)F)cc(NN)n2)C1. The Hall–Kier alpha value is -1.54. The third-order valence-electron chi connectivity index (χ3n) is 3.37. The predicted molar refractivity (Wildman–Crippen MR) is 69.1 cm³/mol. The first-order valence-corrected chi connectivity index (χ1v) is 6.27. The highest BCUT2D eigenvalue weighted by molar-refractivity contribution is 5.49. The molecule has 0 radical (unpaired) electrons. The zero-order valence-corrected chi connectivity index (χ0v) is 11.0. The monoisotopic (exact) mass is 290 g/mol. The van der Waals surface area contributed by atoms with Crippen LogP contribution in [0.1, 0.15) is 24.8 Å². The number of hydrogen-bond acceptors (Lipinski definition) is 5. The Morgan fingerprint density at radius 1 is 1.30 bits per heavy atom. The number of aromatic nitrogens is 1. The van der Waals surface area contributed by atoms with Crippen molar-refractivity contribution in [1.82, 2.24) is 4.98 Å². The smallest absolute Gasteiger partial charge is 0.381 e. The molecular weight excluding hydrogens is 273 g/mol. The van der Waals surface area contributed by atoms with E-state index in [0.717, 1.165) is 31.4 Å². The fraction of sp³-hybridized carbons (Fsp3) is 0.583. The lowest BCUT2D eigenvalue weighted by Crippen LogP contribution is -2.20. The fourth-order valence-electron chi connectivity index (χ4n) is 2.34. The molecular formula is C12H17F3N4O. The summed E-state index contributed by atoms with van der Waals surface area (Å²) in [5.41, 5.74) is 1.36. The van der Waals surface area contributed by atoms with Gasteiger partial charge in [0, 0.05) is 13.2 Å². The molecule has 0 aliphatic heterocycles. The first kappa shape index (κ1) is 14.9. The summed E-state index contributed by atoms with van der Waals surface area (Å²) in [6, 6.07) is 1.92. The number of methoxy groups -OCH3 is 1. The van der Waals surface area contributed by atoms with Crippen molar-refractivity contribution in [1.29, 1.82) is 0 Å². The third kappa shape index (κ3) is 3.51. The molecule has 8 heteroatoms. The van der Waals surface area contributed by atoms with E-state index in [4.69, 9.17) is 10.6 Å². The molecule has 0 aromatic carbocycles. The molecule has 4 N–H and O–H groups in total. The molecule has 1 aromatic rings. The summed E-state index contributed by atoms with van der Waals surface area (Å²) < 4.78 is 43.5. The first-order chi connectivity index (χ1) is 9.42. The second kappa shape index (κ2) is 5.84. The molecule has 20 heavy (non-hydrogen) atoms. The first-order valence-electron chi connectivity index (χ1n) is 6.27. The van der Waals surface area contributed by atoms with Crippen molar-refractivity contribution in [2.75, 3.05) is 17.9 Å². The number of ether oxygens (including phenoxy) is 1. The maximum absolute atomic E-state index is 12.8. The van der Waals surface area contributed by atoms with E-state index in [9.17, 15) is 13.2 Å². The van der Waals surface area contributed by atoms with Crippen LogP contribution in [0, 0.1) is 0 Å². The normalized spacial score (nSPS) is 22.9. The van der Waals surface area contributed by atoms with E-state index in [1.54, 1.807) is 7.11 Å². The van der Waals surface area contributed by atoms with Crippen molar-refractivity contribution >= 4 is 11.6 Å². The van der Waals surface area contributed by atoms with Crippen LogP contribution >= 0.6 is 0 Å². The number of hydrogen-bond donors (Lipinski definition) is 3. The molecule has 0 amide bonds. The lowest BCUT2D eigenvalue weighted by molar-refractivity contribution is -0.137. The molecule has 0 bridgehead atoms. The number of nitrogen functional groups attached to an aromatic ring is 1. The molecule has 1 aliphatic rings. The van der Waals surface area contributed by atoms with E-state index in [-0.39, 0.29) is 23.8 Å². The van der Waals surface area contributed by atoms with E-state index in [1.165, 1.54) is 0 Å². The van der Waals surface area contributed by atoms with Crippen molar-refractivity contribution < 1.29 is 17.9 Å². The molecule has 1 saturated carbocycles. The summed E-state index contributed by atoms with van der Waals surface area (Å²) in [6.07, 6.45) is -1.82. The van der Waals surface area contributed by atoms with E-state index in [0.29, 0.717) is 0 Å². The minimum absolute atomic E-state index is 0.0244. The largest absolute Gasteiger partial charge is 0.416 e. The maximum Gasteiger partial charge on any atom is 0.416 e. The van der Waals surface area contributed by atoms with Crippen LogP contribution in [-0.2, 0) is 10.9 Å². The Labute approximate surface area is 114 Å².